The van der Waals surface area contributed by atoms with Gasteiger partial charge in [-0.05, 0) is 31.0 Å². The van der Waals surface area contributed by atoms with Crippen LogP contribution in [0.2, 0.25) is 0 Å². The summed E-state index contributed by atoms with van der Waals surface area (Å²) in [6.45, 7) is 4.08. The van der Waals surface area contributed by atoms with Crippen LogP contribution in [0.3, 0.4) is 0 Å². The van der Waals surface area contributed by atoms with E-state index in [9.17, 15) is 4.21 Å². The maximum Gasteiger partial charge on any atom is 0.0383 e. The molecule has 4 heteroatoms. The third-order valence-corrected chi connectivity index (χ3v) is 4.30. The Bertz CT molecular complexity index is 422. The Labute approximate surface area is 112 Å². The van der Waals surface area contributed by atoms with Gasteiger partial charge >= 0.3 is 0 Å². The van der Waals surface area contributed by atoms with Crippen molar-refractivity contribution in [2.75, 3.05) is 18.6 Å². The SMILES string of the molecule is CC(CS(C)=O)NC1CCNCc2ccccc21. The molecule has 2 N–H and O–H groups in total. The molecule has 3 unspecified atom stereocenters. The second-order valence-corrected chi connectivity index (χ2v) is 6.50. The molecule has 0 spiro atoms. The van der Waals surface area contributed by atoms with Crippen LogP contribution < -0.4 is 10.6 Å². The predicted octanol–water partition coefficient (Wildman–Crippen LogP) is 1.58. The van der Waals surface area contributed by atoms with Crippen molar-refractivity contribution in [1.29, 1.82) is 0 Å². The molecule has 1 aliphatic heterocycles. The van der Waals surface area contributed by atoms with Crippen LogP contribution in [0.5, 0.6) is 0 Å². The summed E-state index contributed by atoms with van der Waals surface area (Å²) in [6.07, 6.45) is 2.85. The number of benzene rings is 1. The topological polar surface area (TPSA) is 41.1 Å². The Kier molecular flexibility index (Phi) is 4.92. The molecule has 1 heterocycles. The molecule has 3 atom stereocenters. The van der Waals surface area contributed by atoms with E-state index >= 15 is 0 Å². The first-order chi connectivity index (χ1) is 8.66. The van der Waals surface area contributed by atoms with E-state index in [1.807, 2.05) is 0 Å². The zero-order chi connectivity index (χ0) is 13.0. The fourth-order valence-electron chi connectivity index (χ4n) is 2.58. The Morgan fingerprint density at radius 3 is 3.06 bits per heavy atom. The molecule has 100 valence electrons. The van der Waals surface area contributed by atoms with Gasteiger partial charge in [0.15, 0.2) is 0 Å². The highest BCUT2D eigenvalue weighted by Gasteiger charge is 2.19. The van der Waals surface area contributed by atoms with Crippen LogP contribution in [0, 0.1) is 0 Å². The average Bonchev–Trinajstić information content (AvgIpc) is 2.51. The van der Waals surface area contributed by atoms with Crippen molar-refractivity contribution < 1.29 is 4.21 Å². The molecule has 2 rings (SSSR count). The summed E-state index contributed by atoms with van der Waals surface area (Å²) >= 11 is 0. The van der Waals surface area contributed by atoms with Crippen molar-refractivity contribution in [3.05, 3.63) is 35.4 Å². The lowest BCUT2D eigenvalue weighted by molar-refractivity contribution is 0.454. The highest BCUT2D eigenvalue weighted by atomic mass is 32.2. The molecule has 0 saturated carbocycles. The van der Waals surface area contributed by atoms with Gasteiger partial charge in [-0.15, -0.1) is 0 Å². The second-order valence-electron chi connectivity index (χ2n) is 5.02. The zero-order valence-corrected chi connectivity index (χ0v) is 11.9. The molecule has 0 aromatic heterocycles. The largest absolute Gasteiger partial charge is 0.313 e. The van der Waals surface area contributed by atoms with Crippen molar-refractivity contribution in [2.24, 2.45) is 0 Å². The summed E-state index contributed by atoms with van der Waals surface area (Å²) in [5.74, 6) is 0.714. The van der Waals surface area contributed by atoms with Crippen LogP contribution in [0.25, 0.3) is 0 Å². The fourth-order valence-corrected chi connectivity index (χ4v) is 3.38. The highest BCUT2D eigenvalue weighted by molar-refractivity contribution is 7.84. The second kappa shape index (κ2) is 6.45. The first-order valence-corrected chi connectivity index (χ1v) is 8.24. The molecular formula is C14H22N2OS. The van der Waals surface area contributed by atoms with Crippen LogP contribution in [0.1, 0.15) is 30.5 Å². The van der Waals surface area contributed by atoms with E-state index in [0.29, 0.717) is 11.8 Å². The molecule has 1 aromatic carbocycles. The van der Waals surface area contributed by atoms with Crippen LogP contribution in [-0.2, 0) is 17.3 Å². The molecule has 18 heavy (non-hydrogen) atoms. The summed E-state index contributed by atoms with van der Waals surface area (Å²) < 4.78 is 11.3. The van der Waals surface area contributed by atoms with E-state index in [1.165, 1.54) is 11.1 Å². The summed E-state index contributed by atoms with van der Waals surface area (Å²) in [7, 11) is -0.740. The molecule has 0 bridgehead atoms. The Morgan fingerprint density at radius 1 is 1.50 bits per heavy atom. The molecule has 0 amide bonds. The minimum Gasteiger partial charge on any atom is -0.313 e. The summed E-state index contributed by atoms with van der Waals surface area (Å²) in [5, 5.41) is 7.06. The van der Waals surface area contributed by atoms with E-state index in [-0.39, 0.29) is 6.04 Å². The van der Waals surface area contributed by atoms with Gasteiger partial charge in [0.2, 0.25) is 0 Å². The van der Waals surface area contributed by atoms with Gasteiger partial charge in [0.25, 0.3) is 0 Å². The standard InChI is InChI=1S/C14H22N2OS/c1-11(10-18(2)17)16-14-7-8-15-9-12-5-3-4-6-13(12)14/h3-6,11,14-16H,7-10H2,1-2H3. The lowest BCUT2D eigenvalue weighted by Gasteiger charge is -2.23. The average molecular weight is 266 g/mol. The monoisotopic (exact) mass is 266 g/mol. The van der Waals surface area contributed by atoms with Crippen molar-refractivity contribution in [1.82, 2.24) is 10.6 Å². The van der Waals surface area contributed by atoms with Gasteiger partial charge in [-0.25, -0.2) is 0 Å². The smallest absolute Gasteiger partial charge is 0.0383 e. The number of hydrogen-bond acceptors (Lipinski definition) is 3. The first kappa shape index (κ1) is 13.7. The maximum atomic E-state index is 11.3. The van der Waals surface area contributed by atoms with Crippen LogP contribution in [-0.4, -0.2) is 28.8 Å². The first-order valence-electron chi connectivity index (χ1n) is 6.51. The molecule has 3 nitrogen and oxygen atoms in total. The van der Waals surface area contributed by atoms with Crippen molar-refractivity contribution >= 4 is 10.8 Å². The van der Waals surface area contributed by atoms with Gasteiger partial charge in [-0.1, -0.05) is 24.3 Å². The molecule has 1 aromatic rings. The van der Waals surface area contributed by atoms with Gasteiger partial charge in [-0.2, -0.15) is 0 Å². The lowest BCUT2D eigenvalue weighted by Crippen LogP contribution is -2.35. The minimum atomic E-state index is -0.740. The zero-order valence-electron chi connectivity index (χ0n) is 11.1. The number of nitrogens with one attached hydrogen (secondary N) is 2. The molecular weight excluding hydrogens is 244 g/mol. The van der Waals surface area contributed by atoms with Crippen molar-refractivity contribution in [3.63, 3.8) is 0 Å². The number of hydrogen-bond donors (Lipinski definition) is 2. The van der Waals surface area contributed by atoms with E-state index in [1.54, 1.807) is 6.26 Å². The van der Waals surface area contributed by atoms with Crippen LogP contribution in [0.4, 0.5) is 0 Å². The fraction of sp³-hybridized carbons (Fsp3) is 0.571. The van der Waals surface area contributed by atoms with E-state index in [2.05, 4.69) is 41.8 Å². The van der Waals surface area contributed by atoms with Gasteiger partial charge in [0.1, 0.15) is 0 Å². The van der Waals surface area contributed by atoms with Gasteiger partial charge in [0, 0.05) is 41.4 Å². The number of rotatable bonds is 4. The third kappa shape index (κ3) is 3.64. The van der Waals surface area contributed by atoms with Crippen molar-refractivity contribution in [2.45, 2.75) is 32.0 Å². The van der Waals surface area contributed by atoms with Gasteiger partial charge in [-0.3, -0.25) is 4.21 Å². The summed E-state index contributed by atoms with van der Waals surface area (Å²) in [5.41, 5.74) is 2.76. The molecule has 1 aliphatic rings. The number of fused-ring (bicyclic) bond motifs is 1. The molecule has 0 aliphatic carbocycles. The van der Waals surface area contributed by atoms with Gasteiger partial charge < -0.3 is 10.6 Å². The summed E-state index contributed by atoms with van der Waals surface area (Å²) in [6, 6.07) is 9.23. The summed E-state index contributed by atoms with van der Waals surface area (Å²) in [4.78, 5) is 0. The van der Waals surface area contributed by atoms with Crippen LogP contribution in [0.15, 0.2) is 24.3 Å². The normalized spacial score (nSPS) is 22.9. The molecule has 0 radical (unpaired) electrons. The molecule has 0 fully saturated rings. The lowest BCUT2D eigenvalue weighted by atomic mass is 9.99. The Morgan fingerprint density at radius 2 is 2.28 bits per heavy atom. The Balaban J connectivity index is 2.10. The predicted molar refractivity (Wildman–Crippen MR) is 77.0 cm³/mol. The third-order valence-electron chi connectivity index (χ3n) is 3.33. The van der Waals surface area contributed by atoms with E-state index in [4.69, 9.17) is 0 Å². The minimum absolute atomic E-state index is 0.284. The highest BCUT2D eigenvalue weighted by Crippen LogP contribution is 2.23. The van der Waals surface area contributed by atoms with E-state index < -0.39 is 10.8 Å². The van der Waals surface area contributed by atoms with Crippen molar-refractivity contribution in [3.8, 4) is 0 Å². The maximum absolute atomic E-state index is 11.3. The van der Waals surface area contributed by atoms with E-state index in [0.717, 1.165) is 19.5 Å². The van der Waals surface area contributed by atoms with Crippen LogP contribution >= 0.6 is 0 Å². The quantitative estimate of drug-likeness (QED) is 0.869. The van der Waals surface area contributed by atoms with Gasteiger partial charge in [0.05, 0.1) is 0 Å². The Hall–Kier alpha value is -0.710. The molecule has 0 saturated heterocycles.